The Hall–Kier alpha value is -5.26. The maximum atomic E-state index is 13.6. The lowest BCUT2D eigenvalue weighted by molar-refractivity contribution is -0.745. The molecule has 3 aliphatic rings. The first-order chi connectivity index (χ1) is 34.4. The molecule has 73 heavy (non-hydrogen) atoms. The number of carbonyl (C=O) groups is 1. The van der Waals surface area contributed by atoms with E-state index >= 15 is 0 Å². The number of nitrogens with zero attached hydrogens (tertiary/aromatic N) is 8. The molecule has 5 aromatic heterocycles. The highest BCUT2D eigenvalue weighted by atomic mass is 31.3. The van der Waals surface area contributed by atoms with E-state index in [4.69, 9.17) is 44.2 Å². The second-order valence-corrected chi connectivity index (χ2v) is 21.3. The molecule has 8 rings (SSSR count). The average molecular weight is 1100 g/mol. The van der Waals surface area contributed by atoms with Crippen LogP contribution in [0.4, 0.5) is 11.8 Å². The number of nitrogens with one attached hydrogen (secondary N) is 3. The van der Waals surface area contributed by atoms with E-state index in [-0.39, 0.29) is 40.7 Å². The van der Waals surface area contributed by atoms with Gasteiger partial charge in [-0.05, 0) is 0 Å². The zero-order valence-electron chi connectivity index (χ0n) is 38.1. The Morgan fingerprint density at radius 3 is 2.18 bits per heavy atom. The third-order valence-electron chi connectivity index (χ3n) is 12.0. The van der Waals surface area contributed by atoms with Crippen molar-refractivity contribution < 1.29 is 94.4 Å². The molecule has 0 bridgehead atoms. The van der Waals surface area contributed by atoms with E-state index in [1.165, 1.54) is 47.6 Å². The summed E-state index contributed by atoms with van der Waals surface area (Å²) < 4.78 is 91.4. The van der Waals surface area contributed by atoms with Crippen LogP contribution in [0, 0.1) is 11.8 Å². The van der Waals surface area contributed by atoms with Crippen molar-refractivity contribution in [1.82, 2.24) is 48.9 Å². The summed E-state index contributed by atoms with van der Waals surface area (Å²) in [6, 6.07) is 0.990. The fourth-order valence-electron chi connectivity index (χ4n) is 8.71. The van der Waals surface area contributed by atoms with Crippen molar-refractivity contribution in [3.8, 4) is 0 Å². The number of nitrogens with two attached hydrogens (primary N) is 2. The zero-order chi connectivity index (χ0) is 52.9. The van der Waals surface area contributed by atoms with Gasteiger partial charge in [-0.25, -0.2) is 38.0 Å². The second-order valence-electron chi connectivity index (χ2n) is 16.7. The normalized spacial score (nSPS) is 29.9. The maximum Gasteiger partial charge on any atom is 0.490 e. The molecule has 5 aromatic rings. The molecule has 0 radical (unpaired) electrons. The molecule has 3 fully saturated rings. The number of ether oxygens (including phenoxy) is 5. The summed E-state index contributed by atoms with van der Waals surface area (Å²) in [4.78, 5) is 102. The number of aliphatic hydroxyl groups excluding tert-OH is 3. The van der Waals surface area contributed by atoms with Crippen LogP contribution in [0.15, 0.2) is 45.6 Å². The molecule has 0 aliphatic carbocycles. The van der Waals surface area contributed by atoms with E-state index in [0.717, 1.165) is 23.2 Å². The summed E-state index contributed by atoms with van der Waals surface area (Å²) in [7, 11) is -13.6. The summed E-state index contributed by atoms with van der Waals surface area (Å²) in [5.74, 6) is -3.19. The number of hydrogen-bond acceptors (Lipinski definition) is 25. The van der Waals surface area contributed by atoms with Crippen LogP contribution in [-0.4, -0.2) is 163 Å². The van der Waals surface area contributed by atoms with Crippen molar-refractivity contribution in [3.05, 3.63) is 62.4 Å². The van der Waals surface area contributed by atoms with Crippen LogP contribution >= 0.6 is 23.5 Å². The SMILES string of the molecule is COC[C@H]1[C@@H](O)[C@H]([n+]2cn(C)c3c(=O)[nH]c(N)nc32)O[C@@H]1COP(=O)(O)OP(=O)(O)OP(=O)(O)OCC1O[C@@H](n2cnc3c(N)ncnc32)[C@H](OC)[C@@H]1CC(=O)NC[C@H]1O[C@@H](n2ccc(=O)[nH]c2=O)[C@H](O)[C@@H]1O. The van der Waals surface area contributed by atoms with E-state index in [9.17, 15) is 62.9 Å². The van der Waals surface area contributed by atoms with E-state index in [0.29, 0.717) is 0 Å². The fraction of sp³-hybridized carbons (Fsp3) is 0.571. The molecule has 35 nitrogen and oxygen atoms in total. The highest BCUT2D eigenvalue weighted by Gasteiger charge is 2.52. The summed E-state index contributed by atoms with van der Waals surface area (Å²) in [6.45, 7) is -2.62. The van der Waals surface area contributed by atoms with Gasteiger partial charge in [0, 0.05) is 51.3 Å². The first-order valence-corrected chi connectivity index (χ1v) is 25.9. The van der Waals surface area contributed by atoms with E-state index in [1.54, 1.807) is 0 Å². The van der Waals surface area contributed by atoms with Gasteiger partial charge in [-0.2, -0.15) is 8.62 Å². The number of aryl methyl sites for hydroxylation is 1. The van der Waals surface area contributed by atoms with Crippen molar-refractivity contribution >= 4 is 63.5 Å². The van der Waals surface area contributed by atoms with Gasteiger partial charge in [0.25, 0.3) is 17.1 Å². The smallest absolute Gasteiger partial charge is 0.387 e. The van der Waals surface area contributed by atoms with Gasteiger partial charge in [-0.15, -0.1) is 0 Å². The van der Waals surface area contributed by atoms with Crippen LogP contribution < -0.4 is 38.2 Å². The van der Waals surface area contributed by atoms with Crippen LogP contribution in [0.3, 0.4) is 0 Å². The summed E-state index contributed by atoms with van der Waals surface area (Å²) in [5, 5.41) is 35.1. The van der Waals surface area contributed by atoms with Gasteiger partial charge in [-0.3, -0.25) is 47.1 Å². The number of phosphoric acid groups is 3. The number of aromatic nitrogens is 10. The molecule has 0 saturated carbocycles. The molecule has 0 spiro atoms. The minimum absolute atomic E-state index is 0.00250. The summed E-state index contributed by atoms with van der Waals surface area (Å²) >= 11 is 0. The van der Waals surface area contributed by atoms with E-state index in [2.05, 4.69) is 38.9 Å². The lowest BCUT2D eigenvalue weighted by atomic mass is 9.93. The number of imidazole rings is 2. The topological polar surface area (TPSA) is 490 Å². The molecule has 15 atom stereocenters. The van der Waals surface area contributed by atoms with Crippen molar-refractivity contribution in [2.24, 2.45) is 18.9 Å². The highest BCUT2D eigenvalue weighted by molar-refractivity contribution is 7.66. The molecule has 3 saturated heterocycles. The van der Waals surface area contributed by atoms with Gasteiger partial charge < -0.3 is 70.5 Å². The number of rotatable bonds is 20. The summed E-state index contributed by atoms with van der Waals surface area (Å²) in [5.41, 5.74) is 9.74. The van der Waals surface area contributed by atoms with Gasteiger partial charge in [0.2, 0.25) is 17.7 Å². The zero-order valence-corrected chi connectivity index (χ0v) is 40.8. The molecule has 400 valence electrons. The lowest BCUT2D eigenvalue weighted by Crippen LogP contribution is -2.45. The molecule has 3 aliphatic heterocycles. The number of anilines is 2. The Morgan fingerprint density at radius 1 is 0.849 bits per heavy atom. The molecule has 8 heterocycles. The van der Waals surface area contributed by atoms with Crippen molar-refractivity contribution in [2.45, 2.75) is 67.8 Å². The number of phosphoric ester groups is 2. The number of nitrogen functional groups attached to an aromatic ring is 2. The predicted molar refractivity (Wildman–Crippen MR) is 238 cm³/mol. The molecule has 1 amide bonds. The van der Waals surface area contributed by atoms with Crippen LogP contribution in [0.25, 0.3) is 22.3 Å². The standard InChI is InChI=1S/C35H48N13O22P3/c1-45-13-48(29-22(45)30(54)44-34(37)43-29)31-23(51)15(8-62-2)18(67-31)10-65-72(58,59)70-73(60,61)69-71(56,57)64-9-17-14(26(63-3)33(68-17)47-12-41-21-27(36)39-11-40-28(21)47)6-20(50)38-7-16-24(52)25(53)32(66-16)46-5-4-19(49)42-35(46)55/h4-5,11-18,23-26,31-33,51-53H,6-10H2,1-3H3,(H9-,36,37,38,39,40,42,43,44,49,50,54,55,56,57,58,59,60,61)/p+1/t14-,15-,16-,17?,18-,23-,24-,25-,26-,31-,32-,33-/m1/s1. The number of aromatic amines is 2. The Bertz CT molecular complexity index is 3190. The largest absolute Gasteiger partial charge is 0.490 e. The van der Waals surface area contributed by atoms with Crippen LogP contribution in [0.5, 0.6) is 0 Å². The summed E-state index contributed by atoms with van der Waals surface area (Å²) in [6.07, 6.45) is -9.69. The number of aliphatic hydroxyl groups is 3. The number of carbonyl (C=O) groups excluding carboxylic acids is 1. The Morgan fingerprint density at radius 2 is 1.52 bits per heavy atom. The number of hydrogen-bond donors (Lipinski definition) is 11. The van der Waals surface area contributed by atoms with E-state index < -0.39 is 146 Å². The number of methoxy groups -OCH3 is 2. The Balaban J connectivity index is 0.925. The number of H-pyrrole nitrogens is 2. The second kappa shape index (κ2) is 21.2. The first kappa shape index (κ1) is 54.0. The minimum atomic E-state index is -6.09. The first-order valence-electron chi connectivity index (χ1n) is 21.4. The van der Waals surface area contributed by atoms with Gasteiger partial charge >= 0.3 is 34.8 Å². The monoisotopic (exact) mass is 1100 g/mol. The molecule has 38 heteroatoms. The number of amides is 1. The van der Waals surface area contributed by atoms with Gasteiger partial charge in [0.1, 0.15) is 42.4 Å². The Labute approximate surface area is 407 Å². The van der Waals surface area contributed by atoms with Crippen molar-refractivity contribution in [1.29, 1.82) is 0 Å². The van der Waals surface area contributed by atoms with Crippen LogP contribution in [-0.2, 0) is 66.9 Å². The lowest BCUT2D eigenvalue weighted by Gasteiger charge is -2.24. The third kappa shape index (κ3) is 11.4. The number of fused-ring (bicyclic) bond motifs is 2. The highest BCUT2D eigenvalue weighted by Crippen LogP contribution is 2.68. The van der Waals surface area contributed by atoms with Crippen LogP contribution in [0.2, 0.25) is 0 Å². The average Bonchev–Trinajstić information content (AvgIpc) is 4.10. The molecule has 4 unspecified atom stereocenters. The van der Waals surface area contributed by atoms with Gasteiger partial charge in [0.15, 0.2) is 30.2 Å². The minimum Gasteiger partial charge on any atom is -0.387 e. The molecule has 0 aromatic carbocycles. The van der Waals surface area contributed by atoms with Gasteiger partial charge in [-0.1, -0.05) is 4.98 Å². The maximum absolute atomic E-state index is 13.6. The van der Waals surface area contributed by atoms with Crippen LogP contribution in [0.1, 0.15) is 25.1 Å². The van der Waals surface area contributed by atoms with Crippen molar-refractivity contribution in [2.75, 3.05) is 52.1 Å². The van der Waals surface area contributed by atoms with E-state index in [1.807, 2.05) is 4.98 Å². The van der Waals surface area contributed by atoms with Gasteiger partial charge in [0.05, 0.1) is 45.4 Å². The van der Waals surface area contributed by atoms with Crippen molar-refractivity contribution in [3.63, 3.8) is 0 Å². The quantitative estimate of drug-likeness (QED) is 0.0259. The fourth-order valence-corrected chi connectivity index (χ4v) is 12.2. The molecular weight excluding hydrogens is 1050 g/mol. The molecule has 13 N–H and O–H groups in total. The molecular formula is C35H49N13O22P3+. The Kier molecular flexibility index (Phi) is 15.7. The predicted octanol–water partition coefficient (Wildman–Crippen LogP) is -4.35. The third-order valence-corrected chi connectivity index (χ3v) is 16.2.